The maximum atomic E-state index is 10.4. The van der Waals surface area contributed by atoms with Crippen LogP contribution in [-0.4, -0.2) is 24.6 Å². The fourth-order valence-electron chi connectivity index (χ4n) is 1.07. The van der Waals surface area contributed by atoms with Gasteiger partial charge in [-0.05, 0) is 12.1 Å². The van der Waals surface area contributed by atoms with Crippen LogP contribution in [0.1, 0.15) is 6.92 Å². The lowest BCUT2D eigenvalue weighted by atomic mass is 10.3. The zero-order valence-electron chi connectivity index (χ0n) is 8.77. The lowest BCUT2D eigenvalue weighted by Gasteiger charge is -2.08. The van der Waals surface area contributed by atoms with Crippen molar-refractivity contribution in [2.24, 2.45) is 0 Å². The number of nitrogens with zero attached hydrogens (tertiary/aromatic N) is 1. The van der Waals surface area contributed by atoms with E-state index in [0.717, 1.165) is 11.4 Å². The molecule has 0 aliphatic heterocycles. The van der Waals surface area contributed by atoms with Crippen molar-refractivity contribution in [2.45, 2.75) is 13.0 Å². The molecule has 0 saturated heterocycles. The summed E-state index contributed by atoms with van der Waals surface area (Å²) >= 11 is 0. The zero-order chi connectivity index (χ0) is 11.3. The second kappa shape index (κ2) is 5.19. The van der Waals surface area contributed by atoms with Crippen molar-refractivity contribution in [2.75, 3.05) is 19.0 Å². The minimum atomic E-state index is -0.601. The minimum absolute atomic E-state index is 0.306. The number of rotatable bonds is 5. The molecule has 0 spiro atoms. The fourth-order valence-corrected chi connectivity index (χ4v) is 1.07. The van der Waals surface area contributed by atoms with E-state index in [2.05, 4.69) is 5.32 Å². The van der Waals surface area contributed by atoms with E-state index in [1.807, 2.05) is 18.2 Å². The molecule has 1 aromatic carbocycles. The number of ether oxygens (including phenoxy) is 1. The summed E-state index contributed by atoms with van der Waals surface area (Å²) in [7, 11) is 1.58. The van der Waals surface area contributed by atoms with Gasteiger partial charge in [0.1, 0.15) is 5.75 Å². The highest BCUT2D eigenvalue weighted by Gasteiger charge is 2.11. The number of anilines is 1. The maximum Gasteiger partial charge on any atom is 0.227 e. The van der Waals surface area contributed by atoms with Gasteiger partial charge in [-0.3, -0.25) is 10.1 Å². The Bertz CT molecular complexity index is 341. The van der Waals surface area contributed by atoms with Gasteiger partial charge in [0.2, 0.25) is 6.04 Å². The zero-order valence-corrected chi connectivity index (χ0v) is 8.77. The van der Waals surface area contributed by atoms with Crippen LogP contribution >= 0.6 is 0 Å². The predicted octanol–water partition coefficient (Wildman–Crippen LogP) is 1.77. The van der Waals surface area contributed by atoms with E-state index >= 15 is 0 Å². The van der Waals surface area contributed by atoms with Gasteiger partial charge in [-0.1, -0.05) is 6.07 Å². The Kier molecular flexibility index (Phi) is 3.91. The molecule has 82 valence electrons. The van der Waals surface area contributed by atoms with Crippen LogP contribution in [0.2, 0.25) is 0 Å². The second-order valence-electron chi connectivity index (χ2n) is 3.25. The predicted molar refractivity (Wildman–Crippen MR) is 57.9 cm³/mol. The maximum absolute atomic E-state index is 10.4. The number of nitro groups is 1. The third-order valence-electron chi connectivity index (χ3n) is 2.03. The summed E-state index contributed by atoms with van der Waals surface area (Å²) in [5.74, 6) is 0.730. The van der Waals surface area contributed by atoms with Gasteiger partial charge in [-0.2, -0.15) is 0 Å². The molecule has 0 aliphatic rings. The van der Waals surface area contributed by atoms with Crippen molar-refractivity contribution in [3.8, 4) is 5.75 Å². The molecule has 0 saturated carbocycles. The Hall–Kier alpha value is -1.78. The highest BCUT2D eigenvalue weighted by molar-refractivity contribution is 5.48. The van der Waals surface area contributed by atoms with Crippen molar-refractivity contribution >= 4 is 5.69 Å². The molecule has 0 aliphatic carbocycles. The van der Waals surface area contributed by atoms with Gasteiger partial charge in [-0.25, -0.2) is 0 Å². The van der Waals surface area contributed by atoms with Crippen LogP contribution in [0.15, 0.2) is 24.3 Å². The first-order valence-corrected chi connectivity index (χ1v) is 4.65. The SMILES string of the molecule is COc1cccc(NCC(C)[N+](=O)[O-])c1. The Morgan fingerprint density at radius 3 is 2.93 bits per heavy atom. The molecule has 0 heterocycles. The summed E-state index contributed by atoms with van der Waals surface area (Å²) in [6.07, 6.45) is 0. The highest BCUT2D eigenvalue weighted by atomic mass is 16.6. The number of nitrogens with one attached hydrogen (secondary N) is 1. The lowest BCUT2D eigenvalue weighted by Crippen LogP contribution is -2.24. The molecule has 5 nitrogen and oxygen atoms in total. The third kappa shape index (κ3) is 3.46. The van der Waals surface area contributed by atoms with Crippen LogP contribution < -0.4 is 10.1 Å². The van der Waals surface area contributed by atoms with Gasteiger partial charge >= 0.3 is 0 Å². The van der Waals surface area contributed by atoms with Crippen LogP contribution in [0.25, 0.3) is 0 Å². The topological polar surface area (TPSA) is 64.4 Å². The number of benzene rings is 1. The normalized spacial score (nSPS) is 11.9. The molecule has 0 aromatic heterocycles. The minimum Gasteiger partial charge on any atom is -0.497 e. The van der Waals surface area contributed by atoms with Gasteiger partial charge in [0.25, 0.3) is 0 Å². The van der Waals surface area contributed by atoms with Crippen molar-refractivity contribution in [1.29, 1.82) is 0 Å². The van der Waals surface area contributed by atoms with Crippen molar-refractivity contribution in [3.63, 3.8) is 0 Å². The van der Waals surface area contributed by atoms with Crippen molar-refractivity contribution in [3.05, 3.63) is 34.4 Å². The number of hydrogen-bond donors (Lipinski definition) is 1. The largest absolute Gasteiger partial charge is 0.497 e. The second-order valence-corrected chi connectivity index (χ2v) is 3.25. The first kappa shape index (κ1) is 11.3. The summed E-state index contributed by atoms with van der Waals surface area (Å²) in [4.78, 5) is 10.1. The van der Waals surface area contributed by atoms with Gasteiger partial charge in [0.05, 0.1) is 13.7 Å². The molecule has 1 atom stereocenters. The molecule has 1 N–H and O–H groups in total. The molecule has 15 heavy (non-hydrogen) atoms. The van der Waals surface area contributed by atoms with Crippen LogP contribution in [0.4, 0.5) is 5.69 Å². The summed E-state index contributed by atoms with van der Waals surface area (Å²) in [6, 6.07) is 6.69. The van der Waals surface area contributed by atoms with Crippen molar-refractivity contribution in [1.82, 2.24) is 0 Å². The molecule has 0 radical (unpaired) electrons. The monoisotopic (exact) mass is 210 g/mol. The molecule has 0 fully saturated rings. The standard InChI is InChI=1S/C10H14N2O3/c1-8(12(13)14)7-11-9-4-3-5-10(6-9)15-2/h3-6,8,11H,7H2,1-2H3. The third-order valence-corrected chi connectivity index (χ3v) is 2.03. The Morgan fingerprint density at radius 2 is 2.33 bits per heavy atom. The molecule has 0 amide bonds. The average molecular weight is 210 g/mol. The fraction of sp³-hybridized carbons (Fsp3) is 0.400. The molecule has 0 bridgehead atoms. The molecular weight excluding hydrogens is 196 g/mol. The Balaban J connectivity index is 2.53. The summed E-state index contributed by atoms with van der Waals surface area (Å²) in [5.41, 5.74) is 0.822. The molecule has 1 rings (SSSR count). The smallest absolute Gasteiger partial charge is 0.227 e. The van der Waals surface area contributed by atoms with Crippen LogP contribution in [0, 0.1) is 10.1 Å². The van der Waals surface area contributed by atoms with Gasteiger partial charge in [-0.15, -0.1) is 0 Å². The van der Waals surface area contributed by atoms with Crippen LogP contribution in [-0.2, 0) is 0 Å². The Labute approximate surface area is 88.2 Å². The molecular formula is C10H14N2O3. The Morgan fingerprint density at radius 1 is 1.60 bits per heavy atom. The van der Waals surface area contributed by atoms with Gasteiger partial charge in [0, 0.05) is 23.6 Å². The van der Waals surface area contributed by atoms with E-state index in [4.69, 9.17) is 4.74 Å². The molecule has 1 unspecified atom stereocenters. The average Bonchev–Trinajstić information content (AvgIpc) is 2.26. The lowest BCUT2D eigenvalue weighted by molar-refractivity contribution is -0.514. The van der Waals surface area contributed by atoms with Crippen LogP contribution in [0.5, 0.6) is 5.75 Å². The molecule has 1 aromatic rings. The van der Waals surface area contributed by atoms with E-state index in [9.17, 15) is 10.1 Å². The quantitative estimate of drug-likeness (QED) is 0.594. The number of methoxy groups -OCH3 is 1. The van der Waals surface area contributed by atoms with Crippen LogP contribution in [0.3, 0.4) is 0 Å². The van der Waals surface area contributed by atoms with Gasteiger partial charge in [0.15, 0.2) is 0 Å². The summed E-state index contributed by atoms with van der Waals surface area (Å²) in [6.45, 7) is 1.87. The van der Waals surface area contributed by atoms with Crippen molar-refractivity contribution < 1.29 is 9.66 Å². The summed E-state index contributed by atoms with van der Waals surface area (Å²) < 4.78 is 5.04. The molecule has 5 heteroatoms. The van der Waals surface area contributed by atoms with E-state index < -0.39 is 6.04 Å². The first-order chi connectivity index (χ1) is 7.13. The summed E-state index contributed by atoms with van der Waals surface area (Å²) in [5, 5.41) is 13.4. The van der Waals surface area contributed by atoms with E-state index in [0.29, 0.717) is 6.54 Å². The van der Waals surface area contributed by atoms with E-state index in [1.54, 1.807) is 20.1 Å². The van der Waals surface area contributed by atoms with Gasteiger partial charge < -0.3 is 10.1 Å². The van der Waals surface area contributed by atoms with E-state index in [1.165, 1.54) is 0 Å². The number of hydrogen-bond acceptors (Lipinski definition) is 4. The van der Waals surface area contributed by atoms with E-state index in [-0.39, 0.29) is 4.92 Å². The highest BCUT2D eigenvalue weighted by Crippen LogP contribution is 2.16. The first-order valence-electron chi connectivity index (χ1n) is 4.65.